The van der Waals surface area contributed by atoms with Gasteiger partial charge in [-0.3, -0.25) is 9.69 Å². The van der Waals surface area contributed by atoms with E-state index in [0.29, 0.717) is 5.02 Å². The standard InChI is InChI=1S/C20H19ClN4OS/c1-2-11-25-18-9-8-15(21)13-17(18)23-20(25)27-14-19(26)24(12-10-22)16-6-4-3-5-7-16/h3-9,13H,2,11-12,14H2,1H3. The predicted octanol–water partition coefficient (Wildman–Crippen LogP) is 4.75. The Kier molecular flexibility index (Phi) is 6.38. The van der Waals surface area contributed by atoms with Crippen LogP contribution in [0.5, 0.6) is 0 Å². The maximum atomic E-state index is 12.7. The van der Waals surface area contributed by atoms with Crippen molar-refractivity contribution < 1.29 is 4.79 Å². The Labute approximate surface area is 167 Å². The van der Waals surface area contributed by atoms with Gasteiger partial charge in [-0.2, -0.15) is 5.26 Å². The lowest BCUT2D eigenvalue weighted by atomic mass is 10.3. The summed E-state index contributed by atoms with van der Waals surface area (Å²) < 4.78 is 2.11. The number of aromatic nitrogens is 2. The van der Waals surface area contributed by atoms with Crippen molar-refractivity contribution in [3.8, 4) is 6.07 Å². The molecule has 0 saturated carbocycles. The fourth-order valence-corrected chi connectivity index (χ4v) is 3.92. The number of halogens is 1. The Morgan fingerprint density at radius 1 is 1.30 bits per heavy atom. The third kappa shape index (κ3) is 4.44. The molecular weight excluding hydrogens is 380 g/mol. The van der Waals surface area contributed by atoms with Gasteiger partial charge in [-0.15, -0.1) is 0 Å². The van der Waals surface area contributed by atoms with Gasteiger partial charge in [-0.05, 0) is 36.8 Å². The lowest BCUT2D eigenvalue weighted by Gasteiger charge is -2.19. The molecule has 5 nitrogen and oxygen atoms in total. The molecule has 0 aliphatic carbocycles. The number of carbonyl (C=O) groups is 1. The lowest BCUT2D eigenvalue weighted by molar-refractivity contribution is -0.116. The van der Waals surface area contributed by atoms with Crippen LogP contribution in [0.4, 0.5) is 5.69 Å². The van der Waals surface area contributed by atoms with Crippen molar-refractivity contribution in [3.05, 3.63) is 53.6 Å². The molecule has 1 aromatic heterocycles. The summed E-state index contributed by atoms with van der Waals surface area (Å²) in [5, 5.41) is 10.5. The van der Waals surface area contributed by atoms with Gasteiger partial charge in [0.2, 0.25) is 5.91 Å². The van der Waals surface area contributed by atoms with Crippen LogP contribution in [0.25, 0.3) is 11.0 Å². The van der Waals surface area contributed by atoms with E-state index in [1.54, 1.807) is 0 Å². The Hall–Kier alpha value is -2.49. The average molecular weight is 399 g/mol. The first-order valence-electron chi connectivity index (χ1n) is 8.65. The first kappa shape index (κ1) is 19.3. The van der Waals surface area contributed by atoms with Crippen LogP contribution in [-0.4, -0.2) is 27.8 Å². The number of hydrogen-bond donors (Lipinski definition) is 0. The number of benzene rings is 2. The normalized spacial score (nSPS) is 10.7. The number of nitriles is 1. The molecular formula is C20H19ClN4OS. The van der Waals surface area contributed by atoms with Crippen molar-refractivity contribution in [2.24, 2.45) is 0 Å². The number of thioether (sulfide) groups is 1. The maximum absolute atomic E-state index is 12.7. The second kappa shape index (κ2) is 8.94. The Morgan fingerprint density at radius 3 is 2.78 bits per heavy atom. The van der Waals surface area contributed by atoms with E-state index in [1.165, 1.54) is 16.7 Å². The lowest BCUT2D eigenvalue weighted by Crippen LogP contribution is -2.32. The number of aryl methyl sites for hydroxylation is 1. The monoisotopic (exact) mass is 398 g/mol. The highest BCUT2D eigenvalue weighted by Gasteiger charge is 2.18. The molecule has 1 heterocycles. The van der Waals surface area contributed by atoms with Crippen LogP contribution >= 0.6 is 23.4 Å². The molecule has 7 heteroatoms. The second-order valence-electron chi connectivity index (χ2n) is 5.94. The van der Waals surface area contributed by atoms with Crippen molar-refractivity contribution in [3.63, 3.8) is 0 Å². The van der Waals surface area contributed by atoms with E-state index in [4.69, 9.17) is 16.9 Å². The van der Waals surface area contributed by atoms with Crippen LogP contribution in [0.3, 0.4) is 0 Å². The van der Waals surface area contributed by atoms with E-state index >= 15 is 0 Å². The number of imidazole rings is 1. The molecule has 0 unspecified atom stereocenters. The molecule has 0 fully saturated rings. The highest BCUT2D eigenvalue weighted by Crippen LogP contribution is 2.27. The molecule has 0 aliphatic heterocycles. The summed E-state index contributed by atoms with van der Waals surface area (Å²) in [5.41, 5.74) is 2.55. The molecule has 0 bridgehead atoms. The molecule has 3 rings (SSSR count). The van der Waals surface area contributed by atoms with Crippen LogP contribution in [-0.2, 0) is 11.3 Å². The van der Waals surface area contributed by atoms with E-state index < -0.39 is 0 Å². The summed E-state index contributed by atoms with van der Waals surface area (Å²) in [6.07, 6.45) is 0.958. The summed E-state index contributed by atoms with van der Waals surface area (Å²) in [6.45, 7) is 2.94. The van der Waals surface area contributed by atoms with E-state index in [1.807, 2.05) is 48.5 Å². The second-order valence-corrected chi connectivity index (χ2v) is 7.32. The van der Waals surface area contributed by atoms with Crippen LogP contribution in [0, 0.1) is 11.3 Å². The number of nitrogens with zero attached hydrogens (tertiary/aromatic N) is 4. The van der Waals surface area contributed by atoms with E-state index in [9.17, 15) is 4.79 Å². The van der Waals surface area contributed by atoms with Crippen molar-refractivity contribution in [1.82, 2.24) is 9.55 Å². The average Bonchev–Trinajstić information content (AvgIpc) is 3.01. The van der Waals surface area contributed by atoms with Gasteiger partial charge in [0, 0.05) is 17.3 Å². The number of anilines is 1. The van der Waals surface area contributed by atoms with Crippen LogP contribution < -0.4 is 4.90 Å². The van der Waals surface area contributed by atoms with E-state index in [-0.39, 0.29) is 18.2 Å². The minimum absolute atomic E-state index is 0.0182. The minimum atomic E-state index is -0.124. The fraction of sp³-hybridized carbons (Fsp3) is 0.250. The molecule has 2 aromatic carbocycles. The molecule has 3 aromatic rings. The van der Waals surface area contributed by atoms with Crippen molar-refractivity contribution >= 4 is 46.0 Å². The predicted molar refractivity (Wildman–Crippen MR) is 110 cm³/mol. The first-order valence-corrected chi connectivity index (χ1v) is 10.0. The zero-order chi connectivity index (χ0) is 19.2. The molecule has 0 atom stereocenters. The smallest absolute Gasteiger partial charge is 0.238 e. The van der Waals surface area contributed by atoms with E-state index in [0.717, 1.165) is 34.8 Å². The topological polar surface area (TPSA) is 61.9 Å². The molecule has 0 spiro atoms. The number of amides is 1. The molecule has 0 radical (unpaired) electrons. The van der Waals surface area contributed by atoms with Gasteiger partial charge in [0.05, 0.1) is 22.9 Å². The molecule has 0 aliphatic rings. The van der Waals surface area contributed by atoms with Gasteiger partial charge < -0.3 is 4.57 Å². The Balaban J connectivity index is 1.81. The van der Waals surface area contributed by atoms with Gasteiger partial charge in [0.15, 0.2) is 5.16 Å². The van der Waals surface area contributed by atoms with Crippen molar-refractivity contribution in [2.75, 3.05) is 17.2 Å². The van der Waals surface area contributed by atoms with Gasteiger partial charge in [0.1, 0.15) is 6.54 Å². The Bertz CT molecular complexity index is 981. The SMILES string of the molecule is CCCn1c(SCC(=O)N(CC#N)c2ccccc2)nc2cc(Cl)ccc21. The molecule has 138 valence electrons. The fourth-order valence-electron chi connectivity index (χ4n) is 2.84. The van der Waals surface area contributed by atoms with Gasteiger partial charge >= 0.3 is 0 Å². The number of rotatable bonds is 7. The maximum Gasteiger partial charge on any atom is 0.238 e. The highest BCUT2D eigenvalue weighted by molar-refractivity contribution is 7.99. The van der Waals surface area contributed by atoms with Crippen molar-refractivity contribution in [1.29, 1.82) is 5.26 Å². The highest BCUT2D eigenvalue weighted by atomic mass is 35.5. The van der Waals surface area contributed by atoms with E-state index in [2.05, 4.69) is 22.5 Å². The summed E-state index contributed by atoms with van der Waals surface area (Å²) in [7, 11) is 0. The quantitative estimate of drug-likeness (QED) is 0.425. The number of carbonyl (C=O) groups excluding carboxylic acids is 1. The molecule has 0 saturated heterocycles. The van der Waals surface area contributed by atoms with Crippen molar-refractivity contribution in [2.45, 2.75) is 25.0 Å². The summed E-state index contributed by atoms with van der Waals surface area (Å²) >= 11 is 7.47. The van der Waals surface area contributed by atoms with Gasteiger partial charge in [-0.25, -0.2) is 4.98 Å². The first-order chi connectivity index (χ1) is 13.1. The molecule has 1 amide bonds. The molecule has 0 N–H and O–H groups in total. The summed E-state index contributed by atoms with van der Waals surface area (Å²) in [6, 6.07) is 16.9. The van der Waals surface area contributed by atoms with Gasteiger partial charge in [0.25, 0.3) is 0 Å². The number of fused-ring (bicyclic) bond motifs is 1. The minimum Gasteiger partial charge on any atom is -0.319 e. The van der Waals surface area contributed by atoms with Crippen LogP contribution in [0.1, 0.15) is 13.3 Å². The third-order valence-electron chi connectivity index (χ3n) is 4.04. The third-order valence-corrected chi connectivity index (χ3v) is 5.24. The zero-order valence-electron chi connectivity index (χ0n) is 14.9. The molecule has 27 heavy (non-hydrogen) atoms. The largest absolute Gasteiger partial charge is 0.319 e. The Morgan fingerprint density at radius 2 is 2.07 bits per heavy atom. The number of hydrogen-bond acceptors (Lipinski definition) is 4. The van der Waals surface area contributed by atoms with Gasteiger partial charge in [-0.1, -0.05) is 48.5 Å². The number of para-hydroxylation sites is 1. The summed E-state index contributed by atoms with van der Waals surface area (Å²) in [5.74, 6) is 0.0815. The van der Waals surface area contributed by atoms with Crippen LogP contribution in [0.15, 0.2) is 53.7 Å². The van der Waals surface area contributed by atoms with Crippen LogP contribution in [0.2, 0.25) is 5.02 Å². The summed E-state index contributed by atoms with van der Waals surface area (Å²) in [4.78, 5) is 18.9. The zero-order valence-corrected chi connectivity index (χ0v) is 16.5.